The van der Waals surface area contributed by atoms with Gasteiger partial charge in [-0.25, -0.2) is 0 Å². The van der Waals surface area contributed by atoms with Gasteiger partial charge in [-0.3, -0.25) is 19.4 Å². The normalized spacial score (nSPS) is 11.0. The summed E-state index contributed by atoms with van der Waals surface area (Å²) in [5, 5.41) is 4.55. The lowest BCUT2D eigenvalue weighted by atomic mass is 10.2. The van der Waals surface area contributed by atoms with Crippen LogP contribution >= 0.6 is 15.9 Å². The highest BCUT2D eigenvalue weighted by Gasteiger charge is 2.14. The van der Waals surface area contributed by atoms with Gasteiger partial charge in [-0.1, -0.05) is 6.07 Å². The van der Waals surface area contributed by atoms with E-state index in [2.05, 4.69) is 30.9 Å². The van der Waals surface area contributed by atoms with Crippen LogP contribution in [0.2, 0.25) is 0 Å². The summed E-state index contributed by atoms with van der Waals surface area (Å²) in [6, 6.07) is 3.94. The monoisotopic (exact) mass is 394 g/mol. The van der Waals surface area contributed by atoms with Gasteiger partial charge in [0, 0.05) is 25.5 Å². The Morgan fingerprint density at radius 2 is 2.21 bits per heavy atom. The average Bonchev–Trinajstić information content (AvgIpc) is 2.81. The van der Waals surface area contributed by atoms with Crippen LogP contribution < -0.4 is 0 Å². The standard InChI is InChI=1S/C17H23BrN4O2/c1-4-24-16(23)7-9-21(11-15-6-5-8-19-10-15)12-22-14(3)17(18)13(2)20-22/h5-6,8,10H,4,7,9,11-12H2,1-3H3. The van der Waals surface area contributed by atoms with E-state index in [-0.39, 0.29) is 5.97 Å². The summed E-state index contributed by atoms with van der Waals surface area (Å²) < 4.78 is 8.00. The molecule has 0 aromatic carbocycles. The Morgan fingerprint density at radius 3 is 2.79 bits per heavy atom. The molecule has 0 aliphatic rings. The molecule has 130 valence electrons. The van der Waals surface area contributed by atoms with Gasteiger partial charge < -0.3 is 4.74 Å². The largest absolute Gasteiger partial charge is 0.466 e. The van der Waals surface area contributed by atoms with E-state index in [0.717, 1.165) is 21.4 Å². The highest BCUT2D eigenvalue weighted by molar-refractivity contribution is 9.10. The summed E-state index contributed by atoms with van der Waals surface area (Å²) in [6.45, 7) is 8.12. The predicted molar refractivity (Wildman–Crippen MR) is 95.3 cm³/mol. The van der Waals surface area contributed by atoms with E-state index in [0.29, 0.717) is 32.8 Å². The highest BCUT2D eigenvalue weighted by atomic mass is 79.9. The summed E-state index contributed by atoms with van der Waals surface area (Å²) >= 11 is 3.55. The van der Waals surface area contributed by atoms with Crippen LogP contribution in [0.1, 0.15) is 30.3 Å². The summed E-state index contributed by atoms with van der Waals surface area (Å²) in [6.07, 6.45) is 3.95. The molecule has 0 saturated carbocycles. The number of pyridine rings is 1. The van der Waals surface area contributed by atoms with Gasteiger partial charge >= 0.3 is 5.97 Å². The third-order valence-electron chi connectivity index (χ3n) is 3.69. The van der Waals surface area contributed by atoms with Crippen LogP contribution in [0.15, 0.2) is 29.0 Å². The molecule has 2 rings (SSSR count). The van der Waals surface area contributed by atoms with Crippen LogP contribution in [0.3, 0.4) is 0 Å². The molecule has 2 aromatic heterocycles. The van der Waals surface area contributed by atoms with Gasteiger partial charge in [-0.2, -0.15) is 5.10 Å². The second-order valence-electron chi connectivity index (χ2n) is 5.59. The molecule has 0 bridgehead atoms. The van der Waals surface area contributed by atoms with Crippen molar-refractivity contribution < 1.29 is 9.53 Å². The predicted octanol–water partition coefficient (Wildman–Crippen LogP) is 3.07. The molecule has 24 heavy (non-hydrogen) atoms. The van der Waals surface area contributed by atoms with Gasteiger partial charge in [-0.15, -0.1) is 0 Å². The minimum absolute atomic E-state index is 0.178. The lowest BCUT2D eigenvalue weighted by molar-refractivity contribution is -0.143. The lowest BCUT2D eigenvalue weighted by Gasteiger charge is -2.22. The zero-order valence-corrected chi connectivity index (χ0v) is 15.9. The molecule has 0 radical (unpaired) electrons. The number of nitrogens with zero attached hydrogens (tertiary/aromatic N) is 4. The van der Waals surface area contributed by atoms with Crippen molar-refractivity contribution >= 4 is 21.9 Å². The first-order valence-electron chi connectivity index (χ1n) is 7.97. The Bertz CT molecular complexity index is 673. The number of aromatic nitrogens is 3. The van der Waals surface area contributed by atoms with Crippen LogP contribution in [0.25, 0.3) is 0 Å². The van der Waals surface area contributed by atoms with Crippen LogP contribution in [0.5, 0.6) is 0 Å². The number of aryl methyl sites for hydroxylation is 1. The topological polar surface area (TPSA) is 60.2 Å². The van der Waals surface area contributed by atoms with Gasteiger partial charge in [0.25, 0.3) is 0 Å². The Morgan fingerprint density at radius 1 is 1.42 bits per heavy atom. The molecule has 6 nitrogen and oxygen atoms in total. The first-order valence-corrected chi connectivity index (χ1v) is 8.77. The molecule has 0 unspecified atom stereocenters. The van der Waals surface area contributed by atoms with E-state index < -0.39 is 0 Å². The fraction of sp³-hybridized carbons (Fsp3) is 0.471. The number of hydrogen-bond acceptors (Lipinski definition) is 5. The van der Waals surface area contributed by atoms with Crippen LogP contribution in [-0.4, -0.2) is 38.8 Å². The molecule has 0 aliphatic heterocycles. The fourth-order valence-corrected chi connectivity index (χ4v) is 2.72. The zero-order chi connectivity index (χ0) is 17.5. The minimum Gasteiger partial charge on any atom is -0.466 e. The smallest absolute Gasteiger partial charge is 0.307 e. The first kappa shape index (κ1) is 18.6. The second kappa shape index (κ2) is 8.94. The number of hydrogen-bond donors (Lipinski definition) is 0. The van der Waals surface area contributed by atoms with Gasteiger partial charge in [0.15, 0.2) is 0 Å². The Labute approximate surface area is 151 Å². The van der Waals surface area contributed by atoms with Crippen molar-refractivity contribution in [3.63, 3.8) is 0 Å². The Balaban J connectivity index is 2.09. The van der Waals surface area contributed by atoms with Gasteiger partial charge in [0.1, 0.15) is 0 Å². The number of ether oxygens (including phenoxy) is 1. The third-order valence-corrected chi connectivity index (χ3v) is 4.84. The molecule has 0 fully saturated rings. The fourth-order valence-electron chi connectivity index (χ4n) is 2.43. The quantitative estimate of drug-likeness (QED) is 0.643. The molecule has 0 spiro atoms. The molecule has 0 N–H and O–H groups in total. The van der Waals surface area contributed by atoms with E-state index in [1.807, 2.05) is 43.8 Å². The maximum Gasteiger partial charge on any atom is 0.307 e. The van der Waals surface area contributed by atoms with E-state index in [1.165, 1.54) is 0 Å². The highest BCUT2D eigenvalue weighted by Crippen LogP contribution is 2.20. The number of halogens is 1. The molecular weight excluding hydrogens is 372 g/mol. The SMILES string of the molecule is CCOC(=O)CCN(Cc1cccnc1)Cn1nc(C)c(Br)c1C. The van der Waals surface area contributed by atoms with Crippen LogP contribution in [0, 0.1) is 13.8 Å². The molecule has 2 aromatic rings. The molecule has 2 heterocycles. The van der Waals surface area contributed by atoms with Crippen molar-refractivity contribution in [1.82, 2.24) is 19.7 Å². The summed E-state index contributed by atoms with van der Waals surface area (Å²) in [4.78, 5) is 18.0. The zero-order valence-electron chi connectivity index (χ0n) is 14.3. The molecule has 0 aliphatic carbocycles. The molecule has 0 amide bonds. The summed E-state index contributed by atoms with van der Waals surface area (Å²) in [5.41, 5.74) is 3.13. The summed E-state index contributed by atoms with van der Waals surface area (Å²) in [7, 11) is 0. The molecule has 0 saturated heterocycles. The number of carbonyl (C=O) groups is 1. The van der Waals surface area contributed by atoms with E-state index >= 15 is 0 Å². The molecule has 7 heteroatoms. The number of carbonyl (C=O) groups excluding carboxylic acids is 1. The Kier molecular flexibility index (Phi) is 6.93. The Hall–Kier alpha value is -1.73. The second-order valence-corrected chi connectivity index (χ2v) is 6.39. The summed E-state index contributed by atoms with van der Waals surface area (Å²) in [5.74, 6) is -0.178. The molecule has 0 atom stereocenters. The van der Waals surface area contributed by atoms with Crippen LogP contribution in [-0.2, 0) is 22.7 Å². The van der Waals surface area contributed by atoms with Gasteiger partial charge in [0.05, 0.1) is 35.6 Å². The van der Waals surface area contributed by atoms with Crippen molar-refractivity contribution in [2.24, 2.45) is 0 Å². The number of esters is 1. The first-order chi connectivity index (χ1) is 11.5. The van der Waals surface area contributed by atoms with Crippen molar-refractivity contribution in [1.29, 1.82) is 0 Å². The van der Waals surface area contributed by atoms with Crippen molar-refractivity contribution in [2.75, 3.05) is 13.2 Å². The maximum absolute atomic E-state index is 11.7. The van der Waals surface area contributed by atoms with Crippen molar-refractivity contribution in [2.45, 2.75) is 40.4 Å². The van der Waals surface area contributed by atoms with E-state index in [1.54, 1.807) is 6.20 Å². The van der Waals surface area contributed by atoms with Crippen molar-refractivity contribution in [3.8, 4) is 0 Å². The van der Waals surface area contributed by atoms with E-state index in [9.17, 15) is 4.79 Å². The molecular formula is C17H23BrN4O2. The van der Waals surface area contributed by atoms with Gasteiger partial charge in [-0.05, 0) is 48.3 Å². The third kappa shape index (κ3) is 5.14. The average molecular weight is 395 g/mol. The number of rotatable bonds is 8. The van der Waals surface area contributed by atoms with E-state index in [4.69, 9.17) is 4.74 Å². The lowest BCUT2D eigenvalue weighted by Crippen LogP contribution is -2.30. The van der Waals surface area contributed by atoms with Gasteiger partial charge in [0.2, 0.25) is 0 Å². The van der Waals surface area contributed by atoms with Crippen molar-refractivity contribution in [3.05, 3.63) is 46.0 Å². The minimum atomic E-state index is -0.178. The maximum atomic E-state index is 11.7. The van der Waals surface area contributed by atoms with Crippen LogP contribution in [0.4, 0.5) is 0 Å².